The highest BCUT2D eigenvalue weighted by molar-refractivity contribution is 5.79. The molecule has 1 saturated heterocycles. The van der Waals surface area contributed by atoms with E-state index in [1.165, 1.54) is 38.8 Å². The Hall–Kier alpha value is -1.95. The van der Waals surface area contributed by atoms with Crippen LogP contribution in [0.2, 0.25) is 0 Å². The van der Waals surface area contributed by atoms with E-state index in [0.29, 0.717) is 18.6 Å². The number of benzene rings is 1. The summed E-state index contributed by atoms with van der Waals surface area (Å²) in [7, 11) is 3.53. The van der Waals surface area contributed by atoms with Crippen LogP contribution < -0.4 is 20.1 Å². The number of aliphatic imine (C=N–C) groups is 1. The van der Waals surface area contributed by atoms with Gasteiger partial charge in [0.2, 0.25) is 0 Å². The zero-order valence-electron chi connectivity index (χ0n) is 18.4. The van der Waals surface area contributed by atoms with Gasteiger partial charge in [-0.25, -0.2) is 0 Å². The molecule has 1 saturated carbocycles. The van der Waals surface area contributed by atoms with Gasteiger partial charge in [0.15, 0.2) is 17.5 Å². The van der Waals surface area contributed by atoms with Gasteiger partial charge in [0.1, 0.15) is 0 Å². The number of guanidine groups is 1. The minimum absolute atomic E-state index is 0.300. The van der Waals surface area contributed by atoms with Gasteiger partial charge in [0, 0.05) is 32.2 Å². The highest BCUT2D eigenvalue weighted by Crippen LogP contribution is 2.34. The predicted octanol–water partition coefficient (Wildman–Crippen LogP) is 3.41. The number of likely N-dealkylation sites (tertiary alicyclic amines) is 1. The third-order valence-electron chi connectivity index (χ3n) is 5.92. The Labute approximate surface area is 176 Å². The lowest BCUT2D eigenvalue weighted by molar-refractivity contribution is 0.198. The van der Waals surface area contributed by atoms with Crippen molar-refractivity contribution in [3.63, 3.8) is 0 Å². The second kappa shape index (κ2) is 11.3. The maximum atomic E-state index is 6.34. The molecule has 1 atom stereocenters. The van der Waals surface area contributed by atoms with Crippen LogP contribution in [0.4, 0.5) is 0 Å². The van der Waals surface area contributed by atoms with Crippen LogP contribution in [-0.2, 0) is 6.54 Å². The molecular formula is C23H38N4O2. The molecule has 6 heteroatoms. The maximum Gasteiger partial charge on any atom is 0.191 e. The lowest BCUT2D eigenvalue weighted by atomic mass is 10.1. The van der Waals surface area contributed by atoms with Crippen molar-refractivity contribution in [3.8, 4) is 11.5 Å². The van der Waals surface area contributed by atoms with Crippen LogP contribution in [0.3, 0.4) is 0 Å². The van der Waals surface area contributed by atoms with E-state index < -0.39 is 0 Å². The molecule has 1 aromatic carbocycles. The van der Waals surface area contributed by atoms with Crippen molar-refractivity contribution in [2.75, 3.05) is 40.3 Å². The first-order valence-corrected chi connectivity index (χ1v) is 11.2. The van der Waals surface area contributed by atoms with Gasteiger partial charge in [-0.2, -0.15) is 0 Å². The fourth-order valence-corrected chi connectivity index (χ4v) is 4.31. The van der Waals surface area contributed by atoms with Crippen LogP contribution in [0.5, 0.6) is 11.5 Å². The normalized spacial score (nSPS) is 19.3. The van der Waals surface area contributed by atoms with Crippen LogP contribution in [0.25, 0.3) is 0 Å². The summed E-state index contributed by atoms with van der Waals surface area (Å²) in [5.41, 5.74) is 1.10. The highest BCUT2D eigenvalue weighted by Gasteiger charge is 2.21. The molecule has 0 spiro atoms. The third kappa shape index (κ3) is 6.53. The minimum atomic E-state index is 0.300. The topological polar surface area (TPSA) is 58.1 Å². The van der Waals surface area contributed by atoms with Crippen molar-refractivity contribution in [2.24, 2.45) is 10.9 Å². The van der Waals surface area contributed by atoms with Gasteiger partial charge >= 0.3 is 0 Å². The molecule has 6 nitrogen and oxygen atoms in total. The van der Waals surface area contributed by atoms with E-state index in [4.69, 9.17) is 9.47 Å². The van der Waals surface area contributed by atoms with E-state index in [1.807, 2.05) is 19.2 Å². The largest absolute Gasteiger partial charge is 0.493 e. The molecule has 1 heterocycles. The van der Waals surface area contributed by atoms with Crippen LogP contribution >= 0.6 is 0 Å². The molecule has 1 unspecified atom stereocenters. The second-order valence-corrected chi connectivity index (χ2v) is 8.39. The number of para-hydroxylation sites is 1. The maximum absolute atomic E-state index is 6.34. The smallest absolute Gasteiger partial charge is 0.191 e. The summed E-state index contributed by atoms with van der Waals surface area (Å²) < 4.78 is 11.9. The van der Waals surface area contributed by atoms with E-state index in [-0.39, 0.29) is 0 Å². The average Bonchev–Trinajstić information content (AvgIpc) is 3.43. The molecule has 29 heavy (non-hydrogen) atoms. The lowest BCUT2D eigenvalue weighted by Crippen LogP contribution is -2.41. The molecule has 162 valence electrons. The van der Waals surface area contributed by atoms with E-state index in [9.17, 15) is 0 Å². The fourth-order valence-electron chi connectivity index (χ4n) is 4.31. The summed E-state index contributed by atoms with van der Waals surface area (Å²) in [4.78, 5) is 6.95. The van der Waals surface area contributed by atoms with Crippen LogP contribution in [0.1, 0.15) is 51.0 Å². The quantitative estimate of drug-likeness (QED) is 0.490. The van der Waals surface area contributed by atoms with E-state index in [1.54, 1.807) is 7.11 Å². The highest BCUT2D eigenvalue weighted by atomic mass is 16.5. The first kappa shape index (κ1) is 21.8. The van der Waals surface area contributed by atoms with Gasteiger partial charge in [-0.1, -0.05) is 19.1 Å². The summed E-state index contributed by atoms with van der Waals surface area (Å²) >= 11 is 0. The van der Waals surface area contributed by atoms with Gasteiger partial charge in [-0.15, -0.1) is 0 Å². The van der Waals surface area contributed by atoms with Crippen molar-refractivity contribution in [1.29, 1.82) is 0 Å². The zero-order valence-corrected chi connectivity index (χ0v) is 18.4. The van der Waals surface area contributed by atoms with Crippen LogP contribution in [-0.4, -0.2) is 57.3 Å². The van der Waals surface area contributed by atoms with Crippen molar-refractivity contribution in [2.45, 2.75) is 58.1 Å². The number of nitrogens with one attached hydrogen (secondary N) is 2. The molecule has 0 radical (unpaired) electrons. The number of hydrogen-bond acceptors (Lipinski definition) is 4. The van der Waals surface area contributed by atoms with Crippen molar-refractivity contribution in [3.05, 3.63) is 23.8 Å². The summed E-state index contributed by atoms with van der Waals surface area (Å²) in [6.45, 7) is 7.51. The molecule has 1 aliphatic carbocycles. The van der Waals surface area contributed by atoms with Gasteiger partial charge in [0.25, 0.3) is 0 Å². The number of ether oxygens (including phenoxy) is 2. The molecule has 1 aromatic rings. The van der Waals surface area contributed by atoms with Crippen molar-refractivity contribution < 1.29 is 9.47 Å². The van der Waals surface area contributed by atoms with Crippen molar-refractivity contribution >= 4 is 5.96 Å². The van der Waals surface area contributed by atoms with Gasteiger partial charge < -0.3 is 25.0 Å². The summed E-state index contributed by atoms with van der Waals surface area (Å²) in [5, 5.41) is 6.92. The molecule has 0 aromatic heterocycles. The zero-order chi connectivity index (χ0) is 20.5. The summed E-state index contributed by atoms with van der Waals surface area (Å²) in [6.07, 6.45) is 7.74. The summed E-state index contributed by atoms with van der Waals surface area (Å²) in [6, 6.07) is 6.09. The van der Waals surface area contributed by atoms with Crippen LogP contribution in [0.15, 0.2) is 23.2 Å². The fraction of sp³-hybridized carbons (Fsp3) is 0.696. The Balaban J connectivity index is 1.53. The standard InChI is InChI=1S/C23H38N4O2/c1-18(17-27-13-6-7-14-27)15-25-23(24-2)26-16-19-9-8-12-21(28-3)22(19)29-20-10-4-5-11-20/h8-9,12,18,20H,4-7,10-11,13-17H2,1-3H3,(H2,24,25,26). The Bertz CT molecular complexity index is 652. The average molecular weight is 403 g/mol. The van der Waals surface area contributed by atoms with E-state index in [2.05, 4.69) is 33.5 Å². The summed E-state index contributed by atoms with van der Waals surface area (Å²) in [5.74, 6) is 3.09. The minimum Gasteiger partial charge on any atom is -0.493 e. The molecule has 0 bridgehead atoms. The van der Waals surface area contributed by atoms with E-state index >= 15 is 0 Å². The number of nitrogens with zero attached hydrogens (tertiary/aromatic N) is 2. The number of hydrogen-bond donors (Lipinski definition) is 2. The predicted molar refractivity (Wildman–Crippen MR) is 119 cm³/mol. The number of methoxy groups -OCH3 is 1. The lowest BCUT2D eigenvalue weighted by Gasteiger charge is -2.22. The van der Waals surface area contributed by atoms with E-state index in [0.717, 1.165) is 49.0 Å². The first-order chi connectivity index (χ1) is 14.2. The monoisotopic (exact) mass is 402 g/mol. The molecule has 3 rings (SSSR count). The second-order valence-electron chi connectivity index (χ2n) is 8.39. The Kier molecular flexibility index (Phi) is 8.47. The SMILES string of the molecule is CN=C(NCc1cccc(OC)c1OC1CCCC1)NCC(C)CN1CCCC1. The molecule has 2 fully saturated rings. The Morgan fingerprint density at radius 1 is 1.17 bits per heavy atom. The van der Waals surface area contributed by atoms with Crippen LogP contribution in [0, 0.1) is 5.92 Å². The third-order valence-corrected chi connectivity index (χ3v) is 5.92. The molecule has 0 amide bonds. The Morgan fingerprint density at radius 3 is 2.62 bits per heavy atom. The van der Waals surface area contributed by atoms with Gasteiger partial charge in [-0.05, 0) is 63.6 Å². The number of rotatable bonds is 9. The van der Waals surface area contributed by atoms with Gasteiger partial charge in [-0.3, -0.25) is 4.99 Å². The van der Waals surface area contributed by atoms with Gasteiger partial charge in [0.05, 0.1) is 13.2 Å². The Morgan fingerprint density at radius 2 is 1.93 bits per heavy atom. The van der Waals surface area contributed by atoms with Crippen molar-refractivity contribution in [1.82, 2.24) is 15.5 Å². The molecular weight excluding hydrogens is 364 g/mol. The molecule has 1 aliphatic heterocycles. The molecule has 2 N–H and O–H groups in total. The molecule has 2 aliphatic rings. The first-order valence-electron chi connectivity index (χ1n) is 11.2.